The zero-order valence-electron chi connectivity index (χ0n) is 14.7. The third kappa shape index (κ3) is 7.14. The van der Waals surface area contributed by atoms with Crippen molar-refractivity contribution in [3.63, 3.8) is 0 Å². The number of sulfonamides is 1. The number of carboxylic acid groups (broad SMARTS) is 1. The summed E-state index contributed by atoms with van der Waals surface area (Å²) in [5.74, 6) is -1.81. The van der Waals surface area contributed by atoms with Crippen LogP contribution in [-0.4, -0.2) is 67.3 Å². The molecule has 0 aromatic rings. The Morgan fingerprint density at radius 3 is 2.25 bits per heavy atom. The number of hydrogen-bond acceptors (Lipinski definition) is 5. The first-order valence-corrected chi connectivity index (χ1v) is 9.87. The van der Waals surface area contributed by atoms with Crippen molar-refractivity contribution >= 4 is 21.9 Å². The number of rotatable bonds is 7. The Balaban J connectivity index is 2.50. The van der Waals surface area contributed by atoms with Crippen LogP contribution in [0.15, 0.2) is 0 Å². The molecule has 1 amide bonds. The van der Waals surface area contributed by atoms with E-state index in [0.717, 1.165) is 6.26 Å². The van der Waals surface area contributed by atoms with Gasteiger partial charge < -0.3 is 15.2 Å². The van der Waals surface area contributed by atoms with Crippen molar-refractivity contribution in [2.24, 2.45) is 5.92 Å². The molecule has 1 saturated heterocycles. The van der Waals surface area contributed by atoms with Crippen LogP contribution in [0.4, 0.5) is 0 Å². The maximum Gasteiger partial charge on any atom is 0.326 e. The molecule has 0 aliphatic carbocycles. The van der Waals surface area contributed by atoms with E-state index in [0.29, 0.717) is 12.8 Å². The fourth-order valence-electron chi connectivity index (χ4n) is 2.48. The number of carboxylic acids is 1. The number of aliphatic carboxylic acids is 1. The summed E-state index contributed by atoms with van der Waals surface area (Å²) >= 11 is 0. The summed E-state index contributed by atoms with van der Waals surface area (Å²) in [6.07, 6.45) is 2.11. The molecule has 9 heteroatoms. The first-order valence-electron chi connectivity index (χ1n) is 8.02. The molecule has 1 aliphatic heterocycles. The van der Waals surface area contributed by atoms with Crippen LogP contribution < -0.4 is 5.32 Å². The minimum Gasteiger partial charge on any atom is -0.480 e. The zero-order valence-corrected chi connectivity index (χ0v) is 15.6. The Labute approximate surface area is 143 Å². The van der Waals surface area contributed by atoms with Crippen LogP contribution in [0.5, 0.6) is 0 Å². The Hall–Kier alpha value is -1.19. The monoisotopic (exact) mass is 364 g/mol. The molecular weight excluding hydrogens is 336 g/mol. The van der Waals surface area contributed by atoms with Gasteiger partial charge in [-0.1, -0.05) is 0 Å². The molecule has 1 atom stereocenters. The number of nitrogens with one attached hydrogen (secondary N) is 1. The summed E-state index contributed by atoms with van der Waals surface area (Å²) in [6, 6.07) is -1.01. The molecule has 24 heavy (non-hydrogen) atoms. The number of nitrogens with zero attached hydrogens (tertiary/aromatic N) is 1. The molecule has 0 spiro atoms. The van der Waals surface area contributed by atoms with Gasteiger partial charge in [0.1, 0.15) is 6.04 Å². The second kappa shape index (κ2) is 8.26. The molecule has 0 saturated carbocycles. The second-order valence-electron chi connectivity index (χ2n) is 7.09. The van der Waals surface area contributed by atoms with Crippen molar-refractivity contribution < 1.29 is 27.9 Å². The first-order chi connectivity index (χ1) is 10.9. The van der Waals surface area contributed by atoms with E-state index in [2.05, 4.69) is 5.32 Å². The third-order valence-corrected chi connectivity index (χ3v) is 5.15. The molecule has 1 unspecified atom stereocenters. The van der Waals surface area contributed by atoms with Gasteiger partial charge in [-0.3, -0.25) is 4.79 Å². The Kier molecular flexibility index (Phi) is 7.18. The Bertz CT molecular complexity index is 547. The fourth-order valence-corrected chi connectivity index (χ4v) is 3.35. The van der Waals surface area contributed by atoms with Crippen molar-refractivity contribution in [3.05, 3.63) is 0 Å². The van der Waals surface area contributed by atoms with Crippen LogP contribution in [0.25, 0.3) is 0 Å². The summed E-state index contributed by atoms with van der Waals surface area (Å²) < 4.78 is 29.8. The Morgan fingerprint density at radius 2 is 1.83 bits per heavy atom. The minimum atomic E-state index is -3.25. The summed E-state index contributed by atoms with van der Waals surface area (Å²) in [7, 11) is -3.25. The number of carbonyl (C=O) groups is 2. The van der Waals surface area contributed by atoms with Crippen molar-refractivity contribution in [1.82, 2.24) is 9.62 Å². The van der Waals surface area contributed by atoms with Gasteiger partial charge in [-0.25, -0.2) is 17.5 Å². The largest absolute Gasteiger partial charge is 0.480 e. The van der Waals surface area contributed by atoms with Crippen molar-refractivity contribution in [2.75, 3.05) is 26.0 Å². The van der Waals surface area contributed by atoms with Crippen LogP contribution in [0, 0.1) is 5.92 Å². The van der Waals surface area contributed by atoms with E-state index >= 15 is 0 Å². The molecule has 1 aliphatic rings. The highest BCUT2D eigenvalue weighted by Crippen LogP contribution is 2.19. The molecule has 2 N–H and O–H groups in total. The number of hydrogen-bond donors (Lipinski definition) is 2. The molecule has 8 nitrogen and oxygen atoms in total. The van der Waals surface area contributed by atoms with E-state index in [-0.39, 0.29) is 43.5 Å². The van der Waals surface area contributed by atoms with Gasteiger partial charge in [-0.15, -0.1) is 0 Å². The maximum absolute atomic E-state index is 12.2. The molecule has 1 fully saturated rings. The van der Waals surface area contributed by atoms with Crippen molar-refractivity contribution in [2.45, 2.75) is 51.7 Å². The standard InChI is InChI=1S/C15H28N2O6S/c1-15(2,3)23-10-7-12(14(19)20)16-13(18)11-5-8-17(9-6-11)24(4,21)22/h11-12H,5-10H2,1-4H3,(H,16,18)(H,19,20). The lowest BCUT2D eigenvalue weighted by atomic mass is 9.96. The van der Waals surface area contributed by atoms with E-state index < -0.39 is 22.0 Å². The second-order valence-corrected chi connectivity index (χ2v) is 9.07. The van der Waals surface area contributed by atoms with Gasteiger partial charge in [0.15, 0.2) is 0 Å². The van der Waals surface area contributed by atoms with Gasteiger partial charge >= 0.3 is 5.97 Å². The molecule has 1 rings (SSSR count). The molecule has 0 bridgehead atoms. The third-order valence-electron chi connectivity index (χ3n) is 3.85. The molecule has 140 valence electrons. The van der Waals surface area contributed by atoms with E-state index in [1.165, 1.54) is 4.31 Å². The topological polar surface area (TPSA) is 113 Å². The van der Waals surface area contributed by atoms with E-state index in [1.807, 2.05) is 20.8 Å². The minimum absolute atomic E-state index is 0.181. The number of ether oxygens (including phenoxy) is 1. The van der Waals surface area contributed by atoms with E-state index in [4.69, 9.17) is 4.74 Å². The van der Waals surface area contributed by atoms with Crippen LogP contribution in [-0.2, 0) is 24.3 Å². The van der Waals surface area contributed by atoms with E-state index in [9.17, 15) is 23.1 Å². The number of piperidine rings is 1. The average Bonchev–Trinajstić information content (AvgIpc) is 2.43. The quantitative estimate of drug-likeness (QED) is 0.677. The lowest BCUT2D eigenvalue weighted by Crippen LogP contribution is -2.47. The predicted molar refractivity (Wildman–Crippen MR) is 89.0 cm³/mol. The van der Waals surface area contributed by atoms with E-state index in [1.54, 1.807) is 0 Å². The van der Waals surface area contributed by atoms with Crippen molar-refractivity contribution in [1.29, 1.82) is 0 Å². The molecule has 0 aromatic carbocycles. The van der Waals surface area contributed by atoms with Gasteiger partial charge in [0, 0.05) is 32.0 Å². The lowest BCUT2D eigenvalue weighted by Gasteiger charge is -2.30. The Morgan fingerprint density at radius 1 is 1.29 bits per heavy atom. The van der Waals surface area contributed by atoms with Gasteiger partial charge in [0.2, 0.25) is 15.9 Å². The zero-order chi connectivity index (χ0) is 18.5. The molecule has 0 radical (unpaired) electrons. The molecule has 0 aromatic heterocycles. The summed E-state index contributed by atoms with van der Waals surface area (Å²) in [5.41, 5.74) is -0.370. The van der Waals surface area contributed by atoms with Crippen LogP contribution in [0.1, 0.15) is 40.0 Å². The van der Waals surface area contributed by atoms with Crippen LogP contribution >= 0.6 is 0 Å². The number of carbonyl (C=O) groups excluding carboxylic acids is 1. The predicted octanol–water partition coefficient (Wildman–Crippen LogP) is 0.433. The van der Waals surface area contributed by atoms with Crippen LogP contribution in [0.3, 0.4) is 0 Å². The molecular formula is C15H28N2O6S. The fraction of sp³-hybridized carbons (Fsp3) is 0.867. The average molecular weight is 364 g/mol. The van der Waals surface area contributed by atoms with Gasteiger partial charge in [0.05, 0.1) is 11.9 Å². The normalized spacial score (nSPS) is 19.0. The van der Waals surface area contributed by atoms with Crippen LogP contribution in [0.2, 0.25) is 0 Å². The van der Waals surface area contributed by atoms with Gasteiger partial charge in [0.25, 0.3) is 0 Å². The summed E-state index contributed by atoms with van der Waals surface area (Å²) in [6.45, 7) is 6.40. The summed E-state index contributed by atoms with van der Waals surface area (Å²) in [4.78, 5) is 23.5. The highest BCUT2D eigenvalue weighted by atomic mass is 32.2. The smallest absolute Gasteiger partial charge is 0.326 e. The highest BCUT2D eigenvalue weighted by molar-refractivity contribution is 7.88. The molecule has 1 heterocycles. The lowest BCUT2D eigenvalue weighted by molar-refractivity contribution is -0.143. The van der Waals surface area contributed by atoms with Gasteiger partial charge in [-0.2, -0.15) is 0 Å². The first kappa shape index (κ1) is 20.9. The summed E-state index contributed by atoms with van der Waals surface area (Å²) in [5, 5.41) is 11.8. The number of amides is 1. The highest BCUT2D eigenvalue weighted by Gasteiger charge is 2.31. The SMILES string of the molecule is CC(C)(C)OCCC(NC(=O)C1CCN(S(C)(=O)=O)CC1)C(=O)O. The van der Waals surface area contributed by atoms with Gasteiger partial charge in [-0.05, 0) is 33.6 Å². The maximum atomic E-state index is 12.2. The van der Waals surface area contributed by atoms with Crippen molar-refractivity contribution in [3.8, 4) is 0 Å².